The maximum atomic E-state index is 6.24. The molecule has 1 aliphatic rings. The third-order valence-electron chi connectivity index (χ3n) is 2.82. The molecule has 0 aromatic carbocycles. The third kappa shape index (κ3) is 2.74. The first-order valence-corrected chi connectivity index (χ1v) is 6.98. The topological polar surface area (TPSA) is 42.7 Å². The molecule has 2 aromatic rings. The Hall–Kier alpha value is -0.910. The molecule has 0 bridgehead atoms. The minimum Gasteiger partial charge on any atom is -0.310 e. The molecule has 4 nitrogen and oxygen atoms in total. The van der Waals surface area contributed by atoms with Crippen LogP contribution in [0.5, 0.6) is 0 Å². The second-order valence-corrected chi connectivity index (χ2v) is 5.73. The van der Waals surface area contributed by atoms with E-state index in [1.165, 1.54) is 12.8 Å². The zero-order chi connectivity index (χ0) is 12.5. The fraction of sp³-hybridized carbons (Fsp3) is 0.333. The molecule has 2 aromatic heterocycles. The van der Waals surface area contributed by atoms with Gasteiger partial charge in [0.15, 0.2) is 5.82 Å². The lowest BCUT2D eigenvalue weighted by Crippen LogP contribution is -2.15. The average molecular weight is 328 g/mol. The van der Waals surface area contributed by atoms with Crippen molar-refractivity contribution in [3.8, 4) is 5.82 Å². The van der Waals surface area contributed by atoms with Crippen molar-refractivity contribution >= 4 is 27.5 Å². The summed E-state index contributed by atoms with van der Waals surface area (Å²) in [6, 6.07) is 2.63. The first-order chi connectivity index (χ1) is 8.72. The van der Waals surface area contributed by atoms with Gasteiger partial charge in [0.05, 0.1) is 15.7 Å². The Bertz CT molecular complexity index is 565. The van der Waals surface area contributed by atoms with Crippen LogP contribution in [0.25, 0.3) is 5.82 Å². The van der Waals surface area contributed by atoms with E-state index < -0.39 is 0 Å². The fourth-order valence-corrected chi connectivity index (χ4v) is 2.26. The number of halogens is 2. The fourth-order valence-electron chi connectivity index (χ4n) is 1.70. The molecule has 0 amide bonds. The van der Waals surface area contributed by atoms with Gasteiger partial charge >= 0.3 is 0 Å². The van der Waals surface area contributed by atoms with E-state index in [1.54, 1.807) is 10.9 Å². The van der Waals surface area contributed by atoms with Crippen LogP contribution < -0.4 is 5.32 Å². The van der Waals surface area contributed by atoms with E-state index in [1.807, 2.05) is 18.5 Å². The molecule has 94 valence electrons. The number of rotatable bonds is 4. The summed E-state index contributed by atoms with van der Waals surface area (Å²) < 4.78 is 2.56. The van der Waals surface area contributed by atoms with Crippen molar-refractivity contribution < 1.29 is 0 Å². The van der Waals surface area contributed by atoms with E-state index in [0.29, 0.717) is 16.9 Å². The van der Waals surface area contributed by atoms with Gasteiger partial charge in [0, 0.05) is 25.0 Å². The third-order valence-corrected chi connectivity index (χ3v) is 3.51. The summed E-state index contributed by atoms with van der Waals surface area (Å²) in [5, 5.41) is 8.21. The normalized spacial score (nSPS) is 15.0. The molecule has 1 fully saturated rings. The number of aromatic nitrogens is 3. The highest BCUT2D eigenvalue weighted by Gasteiger charge is 2.20. The smallest absolute Gasteiger partial charge is 0.172 e. The van der Waals surface area contributed by atoms with Gasteiger partial charge in [-0.3, -0.25) is 0 Å². The molecule has 0 aliphatic heterocycles. The summed E-state index contributed by atoms with van der Waals surface area (Å²) in [5.41, 5.74) is 1.10. The molecule has 0 atom stereocenters. The van der Waals surface area contributed by atoms with Crippen LogP contribution in [-0.4, -0.2) is 20.8 Å². The second kappa shape index (κ2) is 4.99. The molecule has 0 unspecified atom stereocenters. The van der Waals surface area contributed by atoms with Crippen LogP contribution in [0.1, 0.15) is 18.4 Å². The Balaban J connectivity index is 1.79. The summed E-state index contributed by atoms with van der Waals surface area (Å²) in [7, 11) is 0. The van der Waals surface area contributed by atoms with Crippen LogP contribution in [0.15, 0.2) is 29.1 Å². The van der Waals surface area contributed by atoms with Crippen molar-refractivity contribution in [1.29, 1.82) is 0 Å². The van der Waals surface area contributed by atoms with E-state index in [4.69, 9.17) is 11.6 Å². The van der Waals surface area contributed by atoms with E-state index in [2.05, 4.69) is 31.3 Å². The maximum absolute atomic E-state index is 6.24. The molecule has 1 saturated carbocycles. The zero-order valence-corrected chi connectivity index (χ0v) is 11.9. The van der Waals surface area contributed by atoms with E-state index >= 15 is 0 Å². The quantitative estimate of drug-likeness (QED) is 0.939. The lowest BCUT2D eigenvalue weighted by molar-refractivity contribution is 0.685. The molecule has 0 radical (unpaired) electrons. The number of hydrogen-bond donors (Lipinski definition) is 1. The predicted molar refractivity (Wildman–Crippen MR) is 73.9 cm³/mol. The van der Waals surface area contributed by atoms with Crippen LogP contribution in [-0.2, 0) is 6.54 Å². The molecule has 3 rings (SSSR count). The number of nitrogens with one attached hydrogen (secondary N) is 1. The molecule has 0 saturated heterocycles. The van der Waals surface area contributed by atoms with Gasteiger partial charge in [-0.1, -0.05) is 11.6 Å². The largest absolute Gasteiger partial charge is 0.310 e. The molecular formula is C12H12BrClN4. The molecule has 18 heavy (non-hydrogen) atoms. The van der Waals surface area contributed by atoms with Crippen LogP contribution in [0.3, 0.4) is 0 Å². The Labute approximate surface area is 118 Å². The van der Waals surface area contributed by atoms with Crippen molar-refractivity contribution in [2.45, 2.75) is 25.4 Å². The Morgan fingerprint density at radius 1 is 1.44 bits per heavy atom. The van der Waals surface area contributed by atoms with Crippen LogP contribution in [0.4, 0.5) is 0 Å². The van der Waals surface area contributed by atoms with Crippen molar-refractivity contribution in [3.05, 3.63) is 39.7 Å². The highest BCUT2D eigenvalue weighted by Crippen LogP contribution is 2.22. The van der Waals surface area contributed by atoms with Crippen molar-refractivity contribution in [1.82, 2.24) is 20.1 Å². The Kier molecular flexibility index (Phi) is 3.37. The van der Waals surface area contributed by atoms with Crippen LogP contribution >= 0.6 is 27.5 Å². The van der Waals surface area contributed by atoms with Gasteiger partial charge in [0.2, 0.25) is 0 Å². The Morgan fingerprint density at radius 2 is 2.28 bits per heavy atom. The van der Waals surface area contributed by atoms with Gasteiger partial charge in [-0.05, 0) is 40.4 Å². The lowest BCUT2D eigenvalue weighted by atomic mass is 10.3. The molecule has 1 N–H and O–H groups in total. The minimum absolute atomic E-state index is 0.612. The summed E-state index contributed by atoms with van der Waals surface area (Å²) >= 11 is 9.59. The van der Waals surface area contributed by atoms with Gasteiger partial charge in [0.25, 0.3) is 0 Å². The van der Waals surface area contributed by atoms with Crippen molar-refractivity contribution in [2.75, 3.05) is 0 Å². The maximum Gasteiger partial charge on any atom is 0.172 e. The molecule has 2 heterocycles. The van der Waals surface area contributed by atoms with Gasteiger partial charge < -0.3 is 5.32 Å². The first kappa shape index (κ1) is 12.1. The molecule has 1 aliphatic carbocycles. The number of hydrogen-bond acceptors (Lipinski definition) is 3. The molecular weight excluding hydrogens is 316 g/mol. The minimum atomic E-state index is 0.612. The van der Waals surface area contributed by atoms with Gasteiger partial charge in [0.1, 0.15) is 0 Å². The number of nitrogens with zero attached hydrogens (tertiary/aromatic N) is 3. The van der Waals surface area contributed by atoms with E-state index in [-0.39, 0.29) is 0 Å². The van der Waals surface area contributed by atoms with Crippen LogP contribution in [0, 0.1) is 0 Å². The molecule has 0 spiro atoms. The van der Waals surface area contributed by atoms with Crippen LogP contribution in [0.2, 0.25) is 5.02 Å². The predicted octanol–water partition coefficient (Wildman–Crippen LogP) is 2.94. The summed E-state index contributed by atoms with van der Waals surface area (Å²) in [4.78, 5) is 4.37. The van der Waals surface area contributed by atoms with Gasteiger partial charge in [-0.2, -0.15) is 5.10 Å². The summed E-state index contributed by atoms with van der Waals surface area (Å²) in [6.07, 6.45) is 7.93. The monoisotopic (exact) mass is 326 g/mol. The SMILES string of the molecule is Clc1cc(CNC2CC2)cnc1-n1cc(Br)cn1. The highest BCUT2D eigenvalue weighted by molar-refractivity contribution is 9.10. The standard InChI is InChI=1S/C12H12BrClN4/c13-9-6-17-18(7-9)12-11(14)3-8(5-16-12)4-15-10-1-2-10/h3,5-7,10,15H,1-2,4H2. The summed E-state index contributed by atoms with van der Waals surface area (Å²) in [6.45, 7) is 0.820. The van der Waals surface area contributed by atoms with Crippen molar-refractivity contribution in [2.24, 2.45) is 0 Å². The highest BCUT2D eigenvalue weighted by atomic mass is 79.9. The van der Waals surface area contributed by atoms with Crippen molar-refractivity contribution in [3.63, 3.8) is 0 Å². The lowest BCUT2D eigenvalue weighted by Gasteiger charge is -2.07. The van der Waals surface area contributed by atoms with Gasteiger partial charge in [-0.25, -0.2) is 9.67 Å². The number of pyridine rings is 1. The summed E-state index contributed by atoms with van der Waals surface area (Å²) in [5.74, 6) is 0.650. The van der Waals surface area contributed by atoms with E-state index in [9.17, 15) is 0 Å². The Morgan fingerprint density at radius 3 is 2.89 bits per heavy atom. The first-order valence-electron chi connectivity index (χ1n) is 5.81. The van der Waals surface area contributed by atoms with Gasteiger partial charge in [-0.15, -0.1) is 0 Å². The zero-order valence-electron chi connectivity index (χ0n) is 9.61. The molecule has 6 heteroatoms. The average Bonchev–Trinajstić information content (AvgIpc) is 3.09. The van der Waals surface area contributed by atoms with E-state index in [0.717, 1.165) is 16.6 Å². The second-order valence-electron chi connectivity index (χ2n) is 4.41.